The zero-order valence-electron chi connectivity index (χ0n) is 24.0. The molecule has 0 atom stereocenters. The van der Waals surface area contributed by atoms with Gasteiger partial charge in [-0.1, -0.05) is 45.9 Å². The van der Waals surface area contributed by atoms with Crippen molar-refractivity contribution in [3.05, 3.63) is 71.5 Å². The van der Waals surface area contributed by atoms with Crippen molar-refractivity contribution in [3.63, 3.8) is 0 Å². The van der Waals surface area contributed by atoms with Crippen LogP contribution in [0.5, 0.6) is 0 Å². The average molecular weight is 529 g/mol. The molecule has 1 aromatic carbocycles. The summed E-state index contributed by atoms with van der Waals surface area (Å²) in [6.07, 6.45) is 13.5. The van der Waals surface area contributed by atoms with Gasteiger partial charge in [0, 0.05) is 45.1 Å². The van der Waals surface area contributed by atoms with Crippen LogP contribution in [0.25, 0.3) is 11.2 Å². The lowest BCUT2D eigenvalue weighted by molar-refractivity contribution is 0.102. The lowest BCUT2D eigenvalue weighted by atomic mass is 9.86. The molecule has 8 nitrogen and oxygen atoms in total. The fourth-order valence-electron chi connectivity index (χ4n) is 5.06. The summed E-state index contributed by atoms with van der Waals surface area (Å²) in [7, 11) is 3.69. The molecule has 0 unspecified atom stereocenters. The Morgan fingerprint density at radius 2 is 1.90 bits per heavy atom. The van der Waals surface area contributed by atoms with Crippen molar-refractivity contribution >= 4 is 28.6 Å². The number of nitrogens with one attached hydrogen (secondary N) is 1. The fraction of sp³-hybridized carbons (Fsp3) is 0.452. The fourth-order valence-corrected chi connectivity index (χ4v) is 5.06. The molecule has 1 fully saturated rings. The minimum atomic E-state index is 0.0543. The molecule has 2 aliphatic rings. The minimum Gasteiger partial charge on any atom is -0.501 e. The topological polar surface area (TPSA) is 77.3 Å². The van der Waals surface area contributed by atoms with E-state index in [0.717, 1.165) is 67.3 Å². The summed E-state index contributed by atoms with van der Waals surface area (Å²) in [6.45, 7) is 10.5. The first-order chi connectivity index (χ1) is 18.7. The molecule has 0 amide bonds. The predicted molar refractivity (Wildman–Crippen MR) is 157 cm³/mol. The number of hydrogen-bond acceptors (Lipinski definition) is 7. The van der Waals surface area contributed by atoms with Crippen LogP contribution in [0.1, 0.15) is 58.1 Å². The Labute approximate surface area is 231 Å². The number of aromatic nitrogens is 4. The van der Waals surface area contributed by atoms with Gasteiger partial charge in [0.15, 0.2) is 11.5 Å². The van der Waals surface area contributed by atoms with Gasteiger partial charge in [-0.25, -0.2) is 4.98 Å². The van der Waals surface area contributed by atoms with Crippen molar-refractivity contribution in [2.45, 2.75) is 64.9 Å². The second-order valence-corrected chi connectivity index (χ2v) is 11.3. The van der Waals surface area contributed by atoms with Crippen molar-refractivity contribution in [3.8, 4) is 0 Å². The highest BCUT2D eigenvalue weighted by Crippen LogP contribution is 2.32. The molecule has 0 bridgehead atoms. The molecular formula is C31H40N6O2. The summed E-state index contributed by atoms with van der Waals surface area (Å²) in [4.78, 5) is 16.7. The van der Waals surface area contributed by atoms with Crippen LogP contribution in [-0.2, 0) is 28.4 Å². The maximum absolute atomic E-state index is 6.31. The second-order valence-electron chi connectivity index (χ2n) is 11.3. The Kier molecular flexibility index (Phi) is 7.64. The van der Waals surface area contributed by atoms with Gasteiger partial charge >= 0.3 is 0 Å². The van der Waals surface area contributed by atoms with Crippen LogP contribution in [0.2, 0.25) is 0 Å². The molecule has 3 heterocycles. The molecule has 1 aliphatic heterocycles. The summed E-state index contributed by atoms with van der Waals surface area (Å²) < 4.78 is 13.7. The molecule has 0 saturated carbocycles. The monoisotopic (exact) mass is 528 g/mol. The van der Waals surface area contributed by atoms with Crippen LogP contribution in [0.4, 0.5) is 17.5 Å². The van der Waals surface area contributed by atoms with Gasteiger partial charge in [-0.2, -0.15) is 9.97 Å². The largest absolute Gasteiger partial charge is 0.501 e. The van der Waals surface area contributed by atoms with Crippen molar-refractivity contribution in [1.29, 1.82) is 0 Å². The summed E-state index contributed by atoms with van der Waals surface area (Å²) in [6, 6.07) is 6.71. The molecule has 0 spiro atoms. The average Bonchev–Trinajstić information content (AvgIpc) is 3.15. The molecule has 2 aromatic heterocycles. The summed E-state index contributed by atoms with van der Waals surface area (Å²) in [5, 5.41) is 3.67. The number of nitrogens with zero attached hydrogens (tertiary/aromatic N) is 5. The molecule has 206 valence electrons. The van der Waals surface area contributed by atoms with Gasteiger partial charge in [0.1, 0.15) is 17.4 Å². The quantitative estimate of drug-likeness (QED) is 0.384. The first-order valence-corrected chi connectivity index (χ1v) is 13.9. The summed E-state index contributed by atoms with van der Waals surface area (Å²) in [5.74, 6) is 3.29. The number of hydrogen-bond donors (Lipinski definition) is 1. The Balaban J connectivity index is 1.37. The molecule has 1 saturated heterocycles. The van der Waals surface area contributed by atoms with Crippen LogP contribution in [0.15, 0.2) is 60.3 Å². The van der Waals surface area contributed by atoms with E-state index in [0.29, 0.717) is 11.6 Å². The number of ether oxygens (including phenoxy) is 2. The third kappa shape index (κ3) is 5.95. The van der Waals surface area contributed by atoms with E-state index in [4.69, 9.17) is 19.4 Å². The van der Waals surface area contributed by atoms with Gasteiger partial charge in [0.2, 0.25) is 5.95 Å². The normalized spacial score (nSPS) is 16.6. The SMILES string of the molecule is CCc1ccc(C(C)(C)C)cc1Nc1nc(N2CCC(OC3=CC=C(OC)CC=C3)CC2)nc2ncn(C)c12. The highest BCUT2D eigenvalue weighted by atomic mass is 16.5. The van der Waals surface area contributed by atoms with E-state index in [1.54, 1.807) is 13.4 Å². The van der Waals surface area contributed by atoms with Crippen molar-refractivity contribution < 1.29 is 9.47 Å². The Bertz CT molecular complexity index is 1420. The van der Waals surface area contributed by atoms with Crippen molar-refractivity contribution in [1.82, 2.24) is 19.5 Å². The first-order valence-electron chi connectivity index (χ1n) is 13.9. The Morgan fingerprint density at radius 1 is 1.10 bits per heavy atom. The zero-order valence-corrected chi connectivity index (χ0v) is 24.0. The maximum Gasteiger partial charge on any atom is 0.229 e. The van der Waals surface area contributed by atoms with E-state index in [2.05, 4.69) is 67.2 Å². The van der Waals surface area contributed by atoms with Crippen LogP contribution < -0.4 is 10.2 Å². The van der Waals surface area contributed by atoms with Crippen LogP contribution >= 0.6 is 0 Å². The molecule has 1 N–H and O–H groups in total. The summed E-state index contributed by atoms with van der Waals surface area (Å²) in [5.41, 5.74) is 5.27. The third-order valence-electron chi connectivity index (χ3n) is 7.49. The van der Waals surface area contributed by atoms with E-state index in [9.17, 15) is 0 Å². The second kappa shape index (κ2) is 11.1. The number of anilines is 3. The molecule has 39 heavy (non-hydrogen) atoms. The lowest BCUT2D eigenvalue weighted by Crippen LogP contribution is -2.38. The van der Waals surface area contributed by atoms with Crippen molar-refractivity contribution in [2.75, 3.05) is 30.4 Å². The first kappa shape index (κ1) is 26.8. The zero-order chi connectivity index (χ0) is 27.6. The number of imidazole rings is 1. The molecule has 5 rings (SSSR count). The van der Waals surface area contributed by atoms with Gasteiger partial charge < -0.3 is 24.3 Å². The highest BCUT2D eigenvalue weighted by molar-refractivity contribution is 5.87. The van der Waals surface area contributed by atoms with Crippen LogP contribution in [-0.4, -0.2) is 45.8 Å². The van der Waals surface area contributed by atoms with Gasteiger partial charge in [-0.05, 0) is 47.3 Å². The Morgan fingerprint density at radius 3 is 2.62 bits per heavy atom. The number of rotatable bonds is 7. The van der Waals surface area contributed by atoms with Gasteiger partial charge in [0.25, 0.3) is 0 Å². The van der Waals surface area contributed by atoms with E-state index >= 15 is 0 Å². The van der Waals surface area contributed by atoms with E-state index in [1.807, 2.05) is 29.8 Å². The van der Waals surface area contributed by atoms with Gasteiger partial charge in [0.05, 0.1) is 19.2 Å². The number of methoxy groups -OCH3 is 1. The molecule has 0 radical (unpaired) electrons. The smallest absolute Gasteiger partial charge is 0.229 e. The molecular weight excluding hydrogens is 488 g/mol. The minimum absolute atomic E-state index is 0.0543. The Hall–Kier alpha value is -3.81. The standard InChI is InChI=1S/C31H40N6O2/c1-7-21-11-12-22(31(2,3)4)19-26(21)33-29-27-28(32-20-36(27)5)34-30(35-29)37-17-15-25(16-18-37)39-24-10-8-9-23(38-6)13-14-24/h8,10-14,19-20,25H,7,9,15-18H2,1-6H3,(H,33,34,35). The van der Waals surface area contributed by atoms with E-state index in [1.165, 1.54) is 11.1 Å². The molecule has 3 aromatic rings. The van der Waals surface area contributed by atoms with E-state index in [-0.39, 0.29) is 11.5 Å². The number of allylic oxidation sites excluding steroid dienone is 4. The van der Waals surface area contributed by atoms with Gasteiger partial charge in [-0.15, -0.1) is 0 Å². The van der Waals surface area contributed by atoms with Crippen LogP contribution in [0.3, 0.4) is 0 Å². The number of fused-ring (bicyclic) bond motifs is 1. The molecule has 1 aliphatic carbocycles. The number of aryl methyl sites for hydroxylation is 2. The summed E-state index contributed by atoms with van der Waals surface area (Å²) >= 11 is 0. The lowest BCUT2D eigenvalue weighted by Gasteiger charge is -2.32. The van der Waals surface area contributed by atoms with Gasteiger partial charge in [-0.3, -0.25) is 0 Å². The maximum atomic E-state index is 6.31. The third-order valence-corrected chi connectivity index (χ3v) is 7.49. The molecule has 8 heteroatoms. The van der Waals surface area contributed by atoms with Crippen LogP contribution in [0, 0.1) is 0 Å². The highest BCUT2D eigenvalue weighted by Gasteiger charge is 2.25. The van der Waals surface area contributed by atoms with Crippen molar-refractivity contribution in [2.24, 2.45) is 7.05 Å². The number of piperidine rings is 1. The number of benzene rings is 1. The van der Waals surface area contributed by atoms with E-state index < -0.39 is 0 Å². The predicted octanol–water partition coefficient (Wildman–Crippen LogP) is 6.33.